The highest BCUT2D eigenvalue weighted by molar-refractivity contribution is 7.99. The zero-order chi connectivity index (χ0) is 21.5. The van der Waals surface area contributed by atoms with Gasteiger partial charge in [0.15, 0.2) is 5.16 Å². The molecule has 0 radical (unpaired) electrons. The summed E-state index contributed by atoms with van der Waals surface area (Å²) in [6.45, 7) is 8.16. The lowest BCUT2D eigenvalue weighted by atomic mass is 9.92. The normalized spacial score (nSPS) is 12.0. The molecule has 0 saturated carbocycles. The zero-order valence-electron chi connectivity index (χ0n) is 17.5. The highest BCUT2D eigenvalue weighted by Crippen LogP contribution is 2.25. The van der Waals surface area contributed by atoms with Gasteiger partial charge in [-0.25, -0.2) is 0 Å². The number of nitrogens with zero attached hydrogens (tertiary/aromatic N) is 4. The van der Waals surface area contributed by atoms with E-state index in [0.29, 0.717) is 28.6 Å². The van der Waals surface area contributed by atoms with Crippen molar-refractivity contribution in [3.8, 4) is 0 Å². The summed E-state index contributed by atoms with van der Waals surface area (Å²) in [5.74, 6) is 0.918. The standard InChI is InChI=1S/C23H24N4O2S/c1-15-9-11-16(12-10-15)13-26-20(29)17-7-5-6-8-18(17)27-21(26)24-25-22(27)30-14-19(28)23(2,3)4/h5-12H,13-14H2,1-4H3. The molecular weight excluding hydrogens is 396 g/mol. The molecule has 0 bridgehead atoms. The van der Waals surface area contributed by atoms with Crippen molar-refractivity contribution in [3.63, 3.8) is 0 Å². The summed E-state index contributed by atoms with van der Waals surface area (Å²) in [5.41, 5.74) is 2.41. The quantitative estimate of drug-likeness (QED) is 0.455. The Hall–Kier alpha value is -2.93. The molecule has 0 spiro atoms. The van der Waals surface area contributed by atoms with Gasteiger partial charge in [0.25, 0.3) is 5.56 Å². The Bertz CT molecular complexity index is 1300. The van der Waals surface area contributed by atoms with Crippen LogP contribution < -0.4 is 5.56 Å². The number of hydrogen-bond donors (Lipinski definition) is 0. The summed E-state index contributed by atoms with van der Waals surface area (Å²) in [6, 6.07) is 15.5. The van der Waals surface area contributed by atoms with Crippen molar-refractivity contribution in [3.05, 3.63) is 70.0 Å². The number of hydrogen-bond acceptors (Lipinski definition) is 5. The summed E-state index contributed by atoms with van der Waals surface area (Å²) in [6.07, 6.45) is 0. The lowest BCUT2D eigenvalue weighted by Gasteiger charge is -2.15. The Balaban J connectivity index is 1.85. The molecule has 0 N–H and O–H groups in total. The predicted molar refractivity (Wildman–Crippen MR) is 120 cm³/mol. The number of benzene rings is 2. The van der Waals surface area contributed by atoms with Gasteiger partial charge in [-0.15, -0.1) is 10.2 Å². The Morgan fingerprint density at radius 3 is 2.43 bits per heavy atom. The van der Waals surface area contributed by atoms with E-state index in [1.165, 1.54) is 17.3 Å². The second kappa shape index (κ2) is 7.72. The van der Waals surface area contributed by atoms with Gasteiger partial charge in [-0.05, 0) is 24.6 Å². The molecule has 7 heteroatoms. The van der Waals surface area contributed by atoms with Crippen molar-refractivity contribution in [1.82, 2.24) is 19.2 Å². The van der Waals surface area contributed by atoms with E-state index < -0.39 is 5.41 Å². The smallest absolute Gasteiger partial charge is 0.263 e. The fourth-order valence-electron chi connectivity index (χ4n) is 3.19. The van der Waals surface area contributed by atoms with Gasteiger partial charge >= 0.3 is 0 Å². The van der Waals surface area contributed by atoms with Crippen molar-refractivity contribution in [2.45, 2.75) is 39.4 Å². The van der Waals surface area contributed by atoms with Crippen LogP contribution in [-0.4, -0.2) is 30.7 Å². The average molecular weight is 421 g/mol. The van der Waals surface area contributed by atoms with Crippen molar-refractivity contribution >= 4 is 34.2 Å². The summed E-state index contributed by atoms with van der Waals surface area (Å²) in [7, 11) is 0. The molecule has 0 saturated heterocycles. The monoisotopic (exact) mass is 420 g/mol. The lowest BCUT2D eigenvalue weighted by molar-refractivity contribution is -0.123. The van der Waals surface area contributed by atoms with Gasteiger partial charge in [-0.3, -0.25) is 18.6 Å². The Labute approximate surface area is 178 Å². The first-order valence-corrected chi connectivity index (χ1v) is 10.8. The van der Waals surface area contributed by atoms with Crippen LogP contribution in [0.15, 0.2) is 58.5 Å². The van der Waals surface area contributed by atoms with E-state index in [0.717, 1.165) is 11.1 Å². The number of carbonyl (C=O) groups excluding carboxylic acids is 1. The number of para-hydroxylation sites is 1. The van der Waals surface area contributed by atoms with Crippen molar-refractivity contribution in [2.24, 2.45) is 5.41 Å². The number of Topliss-reactive ketones (excluding diaryl/α,β-unsaturated/α-hetero) is 1. The Morgan fingerprint density at radius 1 is 1.03 bits per heavy atom. The lowest BCUT2D eigenvalue weighted by Crippen LogP contribution is -2.24. The van der Waals surface area contributed by atoms with Crippen molar-refractivity contribution in [1.29, 1.82) is 0 Å². The molecule has 0 unspecified atom stereocenters. The number of fused-ring (bicyclic) bond motifs is 3. The van der Waals surface area contributed by atoms with Crippen LogP contribution in [0.5, 0.6) is 0 Å². The third kappa shape index (κ3) is 3.77. The Kier molecular flexibility index (Phi) is 5.24. The minimum atomic E-state index is -0.414. The molecule has 0 aliphatic carbocycles. The third-order valence-electron chi connectivity index (χ3n) is 5.11. The van der Waals surface area contributed by atoms with Crippen molar-refractivity contribution < 1.29 is 4.79 Å². The molecule has 2 aromatic carbocycles. The van der Waals surface area contributed by atoms with Gasteiger partial charge in [0.05, 0.1) is 23.2 Å². The van der Waals surface area contributed by atoms with Gasteiger partial charge in [0.2, 0.25) is 5.78 Å². The highest BCUT2D eigenvalue weighted by Gasteiger charge is 2.23. The van der Waals surface area contributed by atoms with Crippen LogP contribution in [0.3, 0.4) is 0 Å². The van der Waals surface area contributed by atoms with Gasteiger partial charge in [0, 0.05) is 5.41 Å². The highest BCUT2D eigenvalue weighted by atomic mass is 32.2. The van der Waals surface area contributed by atoms with Crippen LogP contribution in [0.4, 0.5) is 0 Å². The van der Waals surface area contributed by atoms with Crippen molar-refractivity contribution in [2.75, 3.05) is 5.75 Å². The molecule has 4 rings (SSSR count). The van der Waals surface area contributed by atoms with Gasteiger partial charge in [-0.2, -0.15) is 0 Å². The average Bonchev–Trinajstić information content (AvgIpc) is 3.14. The maximum atomic E-state index is 13.2. The van der Waals surface area contributed by atoms with Crippen LogP contribution in [0.1, 0.15) is 31.9 Å². The van der Waals surface area contributed by atoms with Gasteiger partial charge in [-0.1, -0.05) is 74.5 Å². The minimum absolute atomic E-state index is 0.103. The molecule has 30 heavy (non-hydrogen) atoms. The summed E-state index contributed by atoms with van der Waals surface area (Å²) in [5, 5.41) is 9.85. The first-order valence-electron chi connectivity index (χ1n) is 9.84. The second-order valence-electron chi connectivity index (χ2n) is 8.47. The summed E-state index contributed by atoms with van der Waals surface area (Å²) < 4.78 is 3.53. The number of rotatable bonds is 5. The van der Waals surface area contributed by atoms with E-state index in [1.54, 1.807) is 4.57 Å². The number of aromatic nitrogens is 4. The van der Waals surface area contributed by atoms with E-state index in [9.17, 15) is 9.59 Å². The molecule has 0 aliphatic rings. The third-order valence-corrected chi connectivity index (χ3v) is 6.04. The van der Waals surface area contributed by atoms with E-state index in [1.807, 2.05) is 80.6 Å². The maximum Gasteiger partial charge on any atom is 0.263 e. The number of ketones is 1. The van der Waals surface area contributed by atoms with Crippen LogP contribution in [0.2, 0.25) is 0 Å². The zero-order valence-corrected chi connectivity index (χ0v) is 18.4. The fraction of sp³-hybridized carbons (Fsp3) is 0.304. The van der Waals surface area contributed by atoms with Crippen LogP contribution in [0, 0.1) is 12.3 Å². The second-order valence-corrected chi connectivity index (χ2v) is 9.42. The SMILES string of the molecule is Cc1ccc(Cn2c(=O)c3ccccc3n3c(SCC(=O)C(C)(C)C)nnc23)cc1. The molecule has 0 aliphatic heterocycles. The topological polar surface area (TPSA) is 69.3 Å². The van der Waals surface area contributed by atoms with E-state index in [4.69, 9.17) is 0 Å². The summed E-state index contributed by atoms with van der Waals surface area (Å²) in [4.78, 5) is 25.7. The molecule has 4 aromatic rings. The van der Waals surface area contributed by atoms with Crippen LogP contribution in [0.25, 0.3) is 16.7 Å². The van der Waals surface area contributed by atoms with Gasteiger partial charge in [0.1, 0.15) is 5.78 Å². The first kappa shape index (κ1) is 20.3. The molecule has 2 heterocycles. The number of thioether (sulfide) groups is 1. The predicted octanol–water partition coefficient (Wildman–Crippen LogP) is 4.11. The first-order chi connectivity index (χ1) is 14.3. The summed E-state index contributed by atoms with van der Waals surface area (Å²) >= 11 is 1.35. The molecule has 0 fully saturated rings. The number of aryl methyl sites for hydroxylation is 1. The molecule has 2 aromatic heterocycles. The Morgan fingerprint density at radius 2 is 1.73 bits per heavy atom. The molecular formula is C23H24N4O2S. The van der Waals surface area contributed by atoms with E-state index in [2.05, 4.69) is 10.2 Å². The molecule has 0 atom stereocenters. The molecule has 154 valence electrons. The van der Waals surface area contributed by atoms with E-state index >= 15 is 0 Å². The van der Waals surface area contributed by atoms with Crippen LogP contribution in [-0.2, 0) is 11.3 Å². The molecule has 6 nitrogen and oxygen atoms in total. The van der Waals surface area contributed by atoms with E-state index in [-0.39, 0.29) is 11.3 Å². The maximum absolute atomic E-state index is 13.2. The number of carbonyl (C=O) groups is 1. The van der Waals surface area contributed by atoms with Crippen LogP contribution >= 0.6 is 11.8 Å². The minimum Gasteiger partial charge on any atom is -0.298 e. The van der Waals surface area contributed by atoms with Gasteiger partial charge < -0.3 is 0 Å². The molecule has 0 amide bonds. The largest absolute Gasteiger partial charge is 0.298 e. The fourth-order valence-corrected chi connectivity index (χ4v) is 4.29.